The van der Waals surface area contributed by atoms with Crippen LogP contribution in [0.1, 0.15) is 48.0 Å². The normalized spacial score (nSPS) is 14.9. The average molecular weight is 215 g/mol. The second kappa shape index (κ2) is 4.97. The molecule has 3 heteroatoms. The molecule has 0 aromatic heterocycles. The minimum atomic E-state index is -0.528. The number of ether oxygens (including phenoxy) is 1. The van der Waals surface area contributed by atoms with Gasteiger partial charge in [0, 0.05) is 5.54 Å². The number of esters is 1. The van der Waals surface area contributed by atoms with E-state index in [0.717, 1.165) is 6.42 Å². The van der Waals surface area contributed by atoms with Gasteiger partial charge in [0.1, 0.15) is 0 Å². The Morgan fingerprint density at radius 3 is 2.00 bits per heavy atom. The summed E-state index contributed by atoms with van der Waals surface area (Å²) < 4.78 is 5.06. The van der Waals surface area contributed by atoms with Crippen LogP contribution in [-0.4, -0.2) is 18.1 Å². The van der Waals surface area contributed by atoms with Crippen LogP contribution >= 0.6 is 0 Å². The lowest BCUT2D eigenvalue weighted by molar-refractivity contribution is -0.151. The zero-order valence-electron chi connectivity index (χ0n) is 10.9. The molecule has 90 valence electrons. The Bertz CT molecular complexity index is 211. The number of hydrogen-bond donors (Lipinski definition) is 1. The summed E-state index contributed by atoms with van der Waals surface area (Å²) in [6.45, 7) is 12.3. The highest BCUT2D eigenvalue weighted by atomic mass is 16.5. The highest BCUT2D eigenvalue weighted by molar-refractivity contribution is 5.74. The molecular formula is C12H25NO2. The first-order valence-corrected chi connectivity index (χ1v) is 5.53. The Balaban J connectivity index is 4.68. The number of carbonyl (C=O) groups is 1. The Hall–Kier alpha value is -0.570. The van der Waals surface area contributed by atoms with E-state index in [1.807, 2.05) is 20.8 Å². The molecule has 1 atom stereocenters. The summed E-state index contributed by atoms with van der Waals surface area (Å²) in [5.74, 6) is -0.419. The van der Waals surface area contributed by atoms with Gasteiger partial charge in [0.05, 0.1) is 12.5 Å². The third-order valence-electron chi connectivity index (χ3n) is 2.29. The van der Waals surface area contributed by atoms with Crippen molar-refractivity contribution < 1.29 is 9.53 Å². The van der Waals surface area contributed by atoms with E-state index < -0.39 is 5.54 Å². The predicted molar refractivity (Wildman–Crippen MR) is 62.5 cm³/mol. The van der Waals surface area contributed by atoms with Gasteiger partial charge in [-0.2, -0.15) is 0 Å². The van der Waals surface area contributed by atoms with Gasteiger partial charge in [0.15, 0.2) is 0 Å². The Kier molecular flexibility index (Phi) is 4.78. The summed E-state index contributed by atoms with van der Waals surface area (Å²) in [5.41, 5.74) is 5.57. The summed E-state index contributed by atoms with van der Waals surface area (Å²) in [6.07, 6.45) is 0.745. The fourth-order valence-corrected chi connectivity index (χ4v) is 1.51. The number of carbonyl (C=O) groups excluding carboxylic acids is 1. The molecule has 0 aliphatic rings. The molecule has 15 heavy (non-hydrogen) atoms. The van der Waals surface area contributed by atoms with Crippen LogP contribution in [-0.2, 0) is 9.53 Å². The average Bonchev–Trinajstić information content (AvgIpc) is 1.97. The molecule has 0 fully saturated rings. The van der Waals surface area contributed by atoms with Gasteiger partial charge in [-0.15, -0.1) is 0 Å². The van der Waals surface area contributed by atoms with Crippen molar-refractivity contribution in [3.05, 3.63) is 0 Å². The second-order valence-electron chi connectivity index (χ2n) is 5.89. The first-order valence-electron chi connectivity index (χ1n) is 5.53. The van der Waals surface area contributed by atoms with Crippen molar-refractivity contribution in [1.29, 1.82) is 0 Å². The molecule has 0 heterocycles. The minimum absolute atomic E-state index is 0.0774. The summed E-state index contributed by atoms with van der Waals surface area (Å²) in [5, 5.41) is 0. The maximum Gasteiger partial charge on any atom is 0.310 e. The third kappa shape index (κ3) is 5.78. The summed E-state index contributed by atoms with van der Waals surface area (Å²) in [7, 11) is 0. The summed E-state index contributed by atoms with van der Waals surface area (Å²) >= 11 is 0. The molecule has 0 aliphatic carbocycles. The van der Waals surface area contributed by atoms with E-state index in [9.17, 15) is 4.79 Å². The molecule has 0 saturated carbocycles. The molecule has 0 aromatic rings. The molecule has 0 spiro atoms. The van der Waals surface area contributed by atoms with E-state index in [2.05, 4.69) is 20.8 Å². The third-order valence-corrected chi connectivity index (χ3v) is 2.29. The Morgan fingerprint density at radius 2 is 1.73 bits per heavy atom. The lowest BCUT2D eigenvalue weighted by Crippen LogP contribution is -2.47. The van der Waals surface area contributed by atoms with E-state index in [0.29, 0.717) is 6.61 Å². The zero-order valence-corrected chi connectivity index (χ0v) is 10.9. The van der Waals surface area contributed by atoms with Crippen LogP contribution in [0.15, 0.2) is 0 Å². The molecule has 0 bridgehead atoms. The zero-order chi connectivity index (χ0) is 12.3. The van der Waals surface area contributed by atoms with Crippen LogP contribution < -0.4 is 5.73 Å². The lowest BCUT2D eigenvalue weighted by Gasteiger charge is -2.33. The minimum Gasteiger partial charge on any atom is -0.466 e. The van der Waals surface area contributed by atoms with Crippen LogP contribution in [0.2, 0.25) is 0 Å². The fraction of sp³-hybridized carbons (Fsp3) is 0.917. The largest absolute Gasteiger partial charge is 0.466 e. The smallest absolute Gasteiger partial charge is 0.310 e. The van der Waals surface area contributed by atoms with Crippen LogP contribution in [0.25, 0.3) is 0 Å². The SMILES string of the molecule is CCOC(=O)C(CC(C)(C)C)C(C)(C)N. The van der Waals surface area contributed by atoms with Crippen LogP contribution in [0, 0.1) is 11.3 Å². The molecule has 0 amide bonds. The van der Waals surface area contributed by atoms with E-state index in [4.69, 9.17) is 10.5 Å². The first kappa shape index (κ1) is 14.4. The predicted octanol–water partition coefficient (Wildman–Crippen LogP) is 2.34. The van der Waals surface area contributed by atoms with Crippen molar-refractivity contribution in [2.75, 3.05) is 6.61 Å². The van der Waals surface area contributed by atoms with Crippen molar-refractivity contribution in [2.24, 2.45) is 17.1 Å². The van der Waals surface area contributed by atoms with Gasteiger partial charge in [0.2, 0.25) is 0 Å². The second-order valence-corrected chi connectivity index (χ2v) is 5.89. The molecule has 1 unspecified atom stereocenters. The van der Waals surface area contributed by atoms with Crippen molar-refractivity contribution in [3.8, 4) is 0 Å². The highest BCUT2D eigenvalue weighted by Crippen LogP contribution is 2.30. The van der Waals surface area contributed by atoms with E-state index >= 15 is 0 Å². The van der Waals surface area contributed by atoms with Crippen molar-refractivity contribution in [2.45, 2.75) is 53.5 Å². The van der Waals surface area contributed by atoms with Gasteiger partial charge in [0.25, 0.3) is 0 Å². The van der Waals surface area contributed by atoms with Crippen molar-refractivity contribution in [1.82, 2.24) is 0 Å². The topological polar surface area (TPSA) is 52.3 Å². The molecule has 3 nitrogen and oxygen atoms in total. The Morgan fingerprint density at radius 1 is 1.27 bits per heavy atom. The quantitative estimate of drug-likeness (QED) is 0.732. The van der Waals surface area contributed by atoms with E-state index in [1.165, 1.54) is 0 Å². The maximum absolute atomic E-state index is 11.8. The lowest BCUT2D eigenvalue weighted by atomic mass is 9.76. The molecule has 0 aromatic carbocycles. The number of nitrogens with two attached hydrogens (primary N) is 1. The van der Waals surface area contributed by atoms with Gasteiger partial charge >= 0.3 is 5.97 Å². The van der Waals surface area contributed by atoms with Crippen LogP contribution in [0.4, 0.5) is 0 Å². The van der Waals surface area contributed by atoms with Gasteiger partial charge in [-0.1, -0.05) is 20.8 Å². The molecule has 0 saturated heterocycles. The van der Waals surface area contributed by atoms with Crippen LogP contribution in [0.3, 0.4) is 0 Å². The monoisotopic (exact) mass is 215 g/mol. The molecule has 0 radical (unpaired) electrons. The van der Waals surface area contributed by atoms with Crippen molar-refractivity contribution >= 4 is 5.97 Å². The summed E-state index contributed by atoms with van der Waals surface area (Å²) in [4.78, 5) is 11.8. The van der Waals surface area contributed by atoms with Crippen LogP contribution in [0.5, 0.6) is 0 Å². The maximum atomic E-state index is 11.8. The van der Waals surface area contributed by atoms with Gasteiger partial charge in [-0.3, -0.25) is 4.79 Å². The fourth-order valence-electron chi connectivity index (χ4n) is 1.51. The molecule has 0 aliphatic heterocycles. The van der Waals surface area contributed by atoms with Gasteiger partial charge in [-0.25, -0.2) is 0 Å². The standard InChI is InChI=1S/C12H25NO2/c1-7-15-10(14)9(12(5,6)13)8-11(2,3)4/h9H,7-8,13H2,1-6H3. The Labute approximate surface area is 93.4 Å². The molecular weight excluding hydrogens is 190 g/mol. The molecule has 0 rings (SSSR count). The highest BCUT2D eigenvalue weighted by Gasteiger charge is 2.36. The molecule has 2 N–H and O–H groups in total. The van der Waals surface area contributed by atoms with Gasteiger partial charge in [-0.05, 0) is 32.6 Å². The number of rotatable bonds is 4. The van der Waals surface area contributed by atoms with Crippen molar-refractivity contribution in [3.63, 3.8) is 0 Å². The van der Waals surface area contributed by atoms with Gasteiger partial charge < -0.3 is 10.5 Å². The first-order chi connectivity index (χ1) is 6.58. The van der Waals surface area contributed by atoms with E-state index in [-0.39, 0.29) is 17.3 Å². The number of hydrogen-bond acceptors (Lipinski definition) is 3. The van der Waals surface area contributed by atoms with E-state index in [1.54, 1.807) is 0 Å². The summed E-state index contributed by atoms with van der Waals surface area (Å²) in [6, 6.07) is 0.